The monoisotopic (exact) mass is 499 g/mol. The summed E-state index contributed by atoms with van der Waals surface area (Å²) in [5.74, 6) is -2.98. The van der Waals surface area contributed by atoms with E-state index in [9.17, 15) is 27.6 Å². The van der Waals surface area contributed by atoms with Gasteiger partial charge >= 0.3 is 12.1 Å². The zero-order valence-corrected chi connectivity index (χ0v) is 19.7. The number of rotatable bonds is 4. The number of nitrogens with zero attached hydrogens (tertiary/aromatic N) is 1. The van der Waals surface area contributed by atoms with Gasteiger partial charge in [0.1, 0.15) is 0 Å². The van der Waals surface area contributed by atoms with Crippen molar-refractivity contribution in [2.45, 2.75) is 70.5 Å². The predicted molar refractivity (Wildman–Crippen MR) is 123 cm³/mol. The number of anilines is 1. The molecular formula is C24H32F3N3O5. The van der Waals surface area contributed by atoms with Gasteiger partial charge in [-0.25, -0.2) is 4.79 Å². The SMILES string of the molecule is CC(=O)Nc1ccc(C(=O)N2CCCC(C(=O)NC3CCCCCC3)C2)cc1.O=C(O)C(F)(F)F. The molecular weight excluding hydrogens is 467 g/mol. The van der Waals surface area contributed by atoms with Crippen LogP contribution in [0.3, 0.4) is 0 Å². The van der Waals surface area contributed by atoms with E-state index in [1.165, 1.54) is 32.6 Å². The molecule has 2 aliphatic rings. The van der Waals surface area contributed by atoms with Gasteiger partial charge in [-0.2, -0.15) is 13.2 Å². The maximum Gasteiger partial charge on any atom is 0.490 e. The van der Waals surface area contributed by atoms with Gasteiger partial charge in [0.25, 0.3) is 5.91 Å². The number of hydrogen-bond acceptors (Lipinski definition) is 4. The fourth-order valence-corrected chi connectivity index (χ4v) is 4.20. The zero-order valence-electron chi connectivity index (χ0n) is 19.7. The van der Waals surface area contributed by atoms with Crippen LogP contribution in [0.15, 0.2) is 24.3 Å². The molecule has 1 aromatic carbocycles. The van der Waals surface area contributed by atoms with Crippen LogP contribution in [-0.4, -0.2) is 59.0 Å². The van der Waals surface area contributed by atoms with Gasteiger partial charge in [-0.05, 0) is 49.9 Å². The topological polar surface area (TPSA) is 116 Å². The van der Waals surface area contributed by atoms with Crippen molar-refractivity contribution >= 4 is 29.4 Å². The molecule has 1 aromatic rings. The van der Waals surface area contributed by atoms with Gasteiger partial charge in [-0.15, -0.1) is 0 Å². The molecule has 0 spiro atoms. The van der Waals surface area contributed by atoms with Gasteiger partial charge in [0.2, 0.25) is 11.8 Å². The highest BCUT2D eigenvalue weighted by molar-refractivity contribution is 5.96. The molecule has 1 heterocycles. The molecule has 1 saturated carbocycles. The Balaban J connectivity index is 0.000000540. The highest BCUT2D eigenvalue weighted by Crippen LogP contribution is 2.22. The van der Waals surface area contributed by atoms with E-state index >= 15 is 0 Å². The number of carbonyl (C=O) groups is 4. The lowest BCUT2D eigenvalue weighted by Crippen LogP contribution is -2.47. The Morgan fingerprint density at radius 3 is 2.03 bits per heavy atom. The molecule has 3 N–H and O–H groups in total. The maximum absolute atomic E-state index is 12.8. The van der Waals surface area contributed by atoms with Crippen molar-refractivity contribution in [2.24, 2.45) is 5.92 Å². The Morgan fingerprint density at radius 1 is 0.943 bits per heavy atom. The Kier molecular flexibility index (Phi) is 10.5. The van der Waals surface area contributed by atoms with E-state index in [4.69, 9.17) is 9.90 Å². The summed E-state index contributed by atoms with van der Waals surface area (Å²) >= 11 is 0. The first-order valence-corrected chi connectivity index (χ1v) is 11.7. The second-order valence-corrected chi connectivity index (χ2v) is 8.85. The van der Waals surface area contributed by atoms with Gasteiger partial charge < -0.3 is 20.6 Å². The van der Waals surface area contributed by atoms with Crippen LogP contribution in [0, 0.1) is 5.92 Å². The van der Waals surface area contributed by atoms with E-state index < -0.39 is 12.1 Å². The van der Waals surface area contributed by atoms with E-state index in [0.29, 0.717) is 30.4 Å². The number of hydrogen-bond donors (Lipinski definition) is 3. The largest absolute Gasteiger partial charge is 0.490 e. The Bertz CT molecular complexity index is 881. The Morgan fingerprint density at radius 2 is 1.51 bits per heavy atom. The van der Waals surface area contributed by atoms with E-state index in [1.807, 2.05) is 0 Å². The summed E-state index contributed by atoms with van der Waals surface area (Å²) in [7, 11) is 0. The smallest absolute Gasteiger partial charge is 0.475 e. The molecule has 1 atom stereocenters. The third kappa shape index (κ3) is 9.58. The summed E-state index contributed by atoms with van der Waals surface area (Å²) in [4.78, 5) is 47.4. The first-order valence-electron chi connectivity index (χ1n) is 11.7. The lowest BCUT2D eigenvalue weighted by atomic mass is 9.95. The van der Waals surface area contributed by atoms with E-state index in [0.717, 1.165) is 25.7 Å². The zero-order chi connectivity index (χ0) is 26.0. The van der Waals surface area contributed by atoms with Crippen molar-refractivity contribution in [1.29, 1.82) is 0 Å². The predicted octanol–water partition coefficient (Wildman–Crippen LogP) is 3.97. The van der Waals surface area contributed by atoms with Gasteiger partial charge in [0, 0.05) is 37.3 Å². The number of carboxylic acid groups (broad SMARTS) is 1. The summed E-state index contributed by atoms with van der Waals surface area (Å²) in [6, 6.07) is 7.21. The summed E-state index contributed by atoms with van der Waals surface area (Å²) in [6.07, 6.45) is 3.65. The van der Waals surface area contributed by atoms with Crippen molar-refractivity contribution in [3.63, 3.8) is 0 Å². The minimum atomic E-state index is -5.08. The molecule has 2 fully saturated rings. The summed E-state index contributed by atoms with van der Waals surface area (Å²) in [5, 5.41) is 13.1. The standard InChI is InChI=1S/C22H31N3O3.C2HF3O2/c1-16(26)23-20-12-10-17(11-13-20)22(28)25-14-6-7-18(15-25)21(27)24-19-8-4-2-3-5-9-19;3-2(4,5)1(6)7/h10-13,18-19H,2-9,14-15H2,1H3,(H,23,26)(H,24,27);(H,6,7). The normalized spacial score (nSPS) is 19.0. The molecule has 35 heavy (non-hydrogen) atoms. The number of piperidine rings is 1. The van der Waals surface area contributed by atoms with E-state index in [2.05, 4.69) is 10.6 Å². The number of halogens is 3. The fourth-order valence-electron chi connectivity index (χ4n) is 4.20. The second-order valence-electron chi connectivity index (χ2n) is 8.85. The van der Waals surface area contributed by atoms with Gasteiger partial charge in [0.05, 0.1) is 5.92 Å². The highest BCUT2D eigenvalue weighted by Gasteiger charge is 2.38. The van der Waals surface area contributed by atoms with Gasteiger partial charge in [0.15, 0.2) is 0 Å². The minimum Gasteiger partial charge on any atom is -0.475 e. The Labute approximate surface area is 202 Å². The lowest BCUT2D eigenvalue weighted by Gasteiger charge is -2.33. The molecule has 0 bridgehead atoms. The Hall–Kier alpha value is -3.11. The first kappa shape index (κ1) is 28.1. The number of amides is 3. The van der Waals surface area contributed by atoms with Crippen molar-refractivity contribution < 1.29 is 37.5 Å². The number of nitrogens with one attached hydrogen (secondary N) is 2. The molecule has 8 nitrogen and oxygen atoms in total. The number of carbonyl (C=O) groups excluding carboxylic acids is 3. The number of likely N-dealkylation sites (tertiary alicyclic amines) is 1. The second kappa shape index (κ2) is 13.1. The van der Waals surface area contributed by atoms with Crippen molar-refractivity contribution in [1.82, 2.24) is 10.2 Å². The number of alkyl halides is 3. The molecule has 11 heteroatoms. The number of aliphatic carboxylic acids is 1. The summed E-state index contributed by atoms with van der Waals surface area (Å²) in [5.41, 5.74) is 1.25. The molecule has 3 rings (SSSR count). The molecule has 1 unspecified atom stereocenters. The molecule has 3 amide bonds. The number of carboxylic acids is 1. The quantitative estimate of drug-likeness (QED) is 0.542. The van der Waals surface area contributed by atoms with Crippen LogP contribution in [0.5, 0.6) is 0 Å². The molecule has 0 radical (unpaired) electrons. The number of benzene rings is 1. The van der Waals surface area contributed by atoms with Crippen molar-refractivity contribution in [3.8, 4) is 0 Å². The average Bonchev–Trinajstić information content (AvgIpc) is 3.07. The van der Waals surface area contributed by atoms with Crippen LogP contribution in [0.25, 0.3) is 0 Å². The fraction of sp³-hybridized carbons (Fsp3) is 0.583. The molecule has 1 saturated heterocycles. The highest BCUT2D eigenvalue weighted by atomic mass is 19.4. The maximum atomic E-state index is 12.8. The van der Waals surface area contributed by atoms with Crippen LogP contribution >= 0.6 is 0 Å². The van der Waals surface area contributed by atoms with E-state index in [1.54, 1.807) is 29.2 Å². The van der Waals surface area contributed by atoms with Gasteiger partial charge in [-0.1, -0.05) is 25.7 Å². The van der Waals surface area contributed by atoms with Crippen molar-refractivity contribution in [2.75, 3.05) is 18.4 Å². The van der Waals surface area contributed by atoms with E-state index in [-0.39, 0.29) is 23.6 Å². The van der Waals surface area contributed by atoms with Crippen LogP contribution < -0.4 is 10.6 Å². The average molecular weight is 500 g/mol. The lowest BCUT2D eigenvalue weighted by molar-refractivity contribution is -0.192. The van der Waals surface area contributed by atoms with Gasteiger partial charge in [-0.3, -0.25) is 14.4 Å². The summed E-state index contributed by atoms with van der Waals surface area (Å²) in [6.45, 7) is 2.61. The van der Waals surface area contributed by atoms with Crippen LogP contribution in [0.1, 0.15) is 68.6 Å². The molecule has 1 aliphatic heterocycles. The molecule has 194 valence electrons. The van der Waals surface area contributed by atoms with Crippen molar-refractivity contribution in [3.05, 3.63) is 29.8 Å². The molecule has 1 aliphatic carbocycles. The van der Waals surface area contributed by atoms with Crippen LogP contribution in [0.2, 0.25) is 0 Å². The minimum absolute atomic E-state index is 0.0543. The molecule has 0 aromatic heterocycles. The third-order valence-electron chi connectivity index (χ3n) is 5.98. The van der Waals surface area contributed by atoms with Crippen LogP contribution in [-0.2, 0) is 14.4 Å². The first-order chi connectivity index (χ1) is 16.5. The summed E-state index contributed by atoms with van der Waals surface area (Å²) < 4.78 is 31.7. The third-order valence-corrected chi connectivity index (χ3v) is 5.98. The van der Waals surface area contributed by atoms with Crippen LogP contribution in [0.4, 0.5) is 18.9 Å².